The van der Waals surface area contributed by atoms with Gasteiger partial charge in [0, 0.05) is 23.6 Å². The molecule has 208 valence electrons. The van der Waals surface area contributed by atoms with E-state index in [1.807, 2.05) is 0 Å². The van der Waals surface area contributed by atoms with E-state index in [9.17, 15) is 31.5 Å². The molecule has 2 heterocycles. The molecule has 0 saturated heterocycles. The number of nitrogens with two attached hydrogens (primary N) is 1. The number of hydrogen-bond donors (Lipinski definition) is 2. The average molecular weight is 627 g/mol. The summed E-state index contributed by atoms with van der Waals surface area (Å²) in [4.78, 5) is 31.9. The number of aromatic nitrogens is 2. The molecule has 0 radical (unpaired) electrons. The van der Waals surface area contributed by atoms with Gasteiger partial charge < -0.3 is 19.6 Å². The molecule has 2 amide bonds. The lowest BCUT2D eigenvalue weighted by Gasteiger charge is -2.18. The molecule has 9 nitrogen and oxygen atoms in total. The van der Waals surface area contributed by atoms with Crippen LogP contribution in [-0.4, -0.2) is 28.6 Å². The quantitative estimate of drug-likeness (QED) is 0.221. The third kappa shape index (κ3) is 6.54. The summed E-state index contributed by atoms with van der Waals surface area (Å²) < 4.78 is 83.9. The minimum Gasteiger partial charge on any atom is -0.474 e. The average Bonchev–Trinajstić information content (AvgIpc) is 3.29. The number of pyridine rings is 1. The smallest absolute Gasteiger partial charge is 0.416 e. The highest BCUT2D eigenvalue weighted by molar-refractivity contribution is 9.10. The number of alkyl halides is 3. The number of primary amides is 1. The van der Waals surface area contributed by atoms with E-state index in [4.69, 9.17) is 19.6 Å². The molecule has 0 aliphatic rings. The van der Waals surface area contributed by atoms with E-state index < -0.39 is 59.4 Å². The zero-order valence-corrected chi connectivity index (χ0v) is 21.4. The lowest BCUT2D eigenvalue weighted by atomic mass is 10.1. The lowest BCUT2D eigenvalue weighted by molar-refractivity contribution is -0.137. The van der Waals surface area contributed by atoms with Crippen LogP contribution < -0.4 is 15.8 Å². The van der Waals surface area contributed by atoms with Crippen molar-refractivity contribution in [2.75, 3.05) is 11.9 Å². The van der Waals surface area contributed by atoms with E-state index in [0.29, 0.717) is 5.69 Å². The Morgan fingerprint density at radius 3 is 2.35 bits per heavy atom. The highest BCUT2D eigenvalue weighted by Crippen LogP contribution is 2.36. The first-order chi connectivity index (χ1) is 18.9. The number of rotatable bonds is 8. The van der Waals surface area contributed by atoms with Crippen LogP contribution in [-0.2, 0) is 10.9 Å². The molecule has 0 fully saturated rings. The van der Waals surface area contributed by atoms with Crippen LogP contribution in [0, 0.1) is 11.6 Å². The van der Waals surface area contributed by atoms with E-state index in [-0.39, 0.29) is 21.8 Å². The summed E-state index contributed by atoms with van der Waals surface area (Å²) >= 11 is 3.13. The van der Waals surface area contributed by atoms with E-state index in [2.05, 4.69) is 31.2 Å². The molecule has 0 aliphatic heterocycles. The minimum absolute atomic E-state index is 0.0329. The number of amides is 2. The maximum absolute atomic E-state index is 14.9. The van der Waals surface area contributed by atoms with Crippen molar-refractivity contribution in [1.82, 2.24) is 9.97 Å². The second-order valence-electron chi connectivity index (χ2n) is 7.91. The molecule has 0 saturated carbocycles. The van der Waals surface area contributed by atoms with Gasteiger partial charge in [-0.3, -0.25) is 15.1 Å². The van der Waals surface area contributed by atoms with Crippen LogP contribution in [0.2, 0.25) is 0 Å². The Labute approximate surface area is 230 Å². The summed E-state index contributed by atoms with van der Waals surface area (Å²) in [7, 11) is 0. The van der Waals surface area contributed by atoms with Crippen LogP contribution in [0.5, 0.6) is 5.75 Å². The molecule has 2 aromatic heterocycles. The summed E-state index contributed by atoms with van der Waals surface area (Å²) in [6.07, 6.45) is -4.15. The molecule has 4 aromatic rings. The minimum atomic E-state index is -4.55. The monoisotopic (exact) mass is 626 g/mol. The van der Waals surface area contributed by atoms with Gasteiger partial charge in [-0.2, -0.15) is 13.2 Å². The summed E-state index contributed by atoms with van der Waals surface area (Å²) in [5.41, 5.74) is 3.72. The summed E-state index contributed by atoms with van der Waals surface area (Å²) in [5.74, 6) is -5.00. The molecule has 0 bridgehead atoms. The van der Waals surface area contributed by atoms with Crippen LogP contribution in [0.1, 0.15) is 27.9 Å². The van der Waals surface area contributed by atoms with E-state index in [1.165, 1.54) is 24.5 Å². The van der Waals surface area contributed by atoms with Crippen molar-refractivity contribution >= 4 is 33.6 Å². The van der Waals surface area contributed by atoms with Gasteiger partial charge in [-0.1, -0.05) is 12.1 Å². The van der Waals surface area contributed by atoms with Crippen molar-refractivity contribution in [3.05, 3.63) is 94.2 Å². The maximum atomic E-state index is 14.9. The number of benzene rings is 2. The molecular formula is C25H16BrF5N4O5. The van der Waals surface area contributed by atoms with E-state index in [1.54, 1.807) is 0 Å². The largest absolute Gasteiger partial charge is 0.474 e. The van der Waals surface area contributed by atoms with Crippen molar-refractivity contribution in [2.45, 2.75) is 12.3 Å². The predicted octanol–water partition coefficient (Wildman–Crippen LogP) is 6.26. The fraction of sp³-hybridized carbons (Fsp3) is 0.120. The van der Waals surface area contributed by atoms with Crippen molar-refractivity contribution in [1.29, 1.82) is 0 Å². The SMILES string of the molecule is NC(=O)c1c(F)ccc(OC(COC(=O)Nc2ccncc2)c2nc(-c3ccc(C(F)(F)F)cc3)c(Br)o2)c1F. The number of carbonyl (C=O) groups is 2. The van der Waals surface area contributed by atoms with Crippen LogP contribution in [0.4, 0.5) is 32.4 Å². The van der Waals surface area contributed by atoms with Crippen LogP contribution in [0.15, 0.2) is 70.0 Å². The normalized spacial score (nSPS) is 12.1. The fourth-order valence-electron chi connectivity index (χ4n) is 3.35. The van der Waals surface area contributed by atoms with Crippen molar-refractivity contribution in [2.24, 2.45) is 5.73 Å². The van der Waals surface area contributed by atoms with Crippen LogP contribution >= 0.6 is 15.9 Å². The first-order valence-electron chi connectivity index (χ1n) is 11.1. The van der Waals surface area contributed by atoms with Gasteiger partial charge in [0.25, 0.3) is 5.91 Å². The molecule has 1 atom stereocenters. The van der Waals surface area contributed by atoms with Crippen molar-refractivity contribution in [3.63, 3.8) is 0 Å². The highest BCUT2D eigenvalue weighted by Gasteiger charge is 2.31. The number of hydrogen-bond acceptors (Lipinski definition) is 7. The zero-order chi connectivity index (χ0) is 29.0. The Kier molecular flexibility index (Phi) is 8.32. The predicted molar refractivity (Wildman–Crippen MR) is 132 cm³/mol. The van der Waals surface area contributed by atoms with E-state index >= 15 is 0 Å². The van der Waals surface area contributed by atoms with E-state index in [0.717, 1.165) is 36.4 Å². The summed E-state index contributed by atoms with van der Waals surface area (Å²) in [6.45, 7) is -0.640. The topological polar surface area (TPSA) is 130 Å². The number of oxazole rings is 1. The number of nitrogens with zero attached hydrogens (tertiary/aromatic N) is 2. The van der Waals surface area contributed by atoms with Gasteiger partial charge in [-0.05, 0) is 52.3 Å². The third-order valence-electron chi connectivity index (χ3n) is 5.23. The molecule has 1 unspecified atom stereocenters. The highest BCUT2D eigenvalue weighted by atomic mass is 79.9. The molecule has 2 aromatic carbocycles. The van der Waals surface area contributed by atoms with Crippen molar-refractivity contribution < 1.29 is 45.4 Å². The second kappa shape index (κ2) is 11.7. The molecule has 40 heavy (non-hydrogen) atoms. The zero-order valence-electron chi connectivity index (χ0n) is 19.8. The van der Waals surface area contributed by atoms with Gasteiger partial charge in [0.2, 0.25) is 12.0 Å². The molecule has 15 heteroatoms. The van der Waals surface area contributed by atoms with Gasteiger partial charge >= 0.3 is 12.3 Å². The fourth-order valence-corrected chi connectivity index (χ4v) is 3.83. The summed E-state index contributed by atoms with van der Waals surface area (Å²) in [6, 6.07) is 8.57. The molecule has 0 spiro atoms. The van der Waals surface area contributed by atoms with Gasteiger partial charge in [-0.15, -0.1) is 0 Å². The molecule has 3 N–H and O–H groups in total. The number of anilines is 1. The van der Waals surface area contributed by atoms with Crippen LogP contribution in [0.25, 0.3) is 11.3 Å². The number of halogens is 6. The lowest BCUT2D eigenvalue weighted by Crippen LogP contribution is -2.22. The second-order valence-corrected chi connectivity index (χ2v) is 8.63. The summed E-state index contributed by atoms with van der Waals surface area (Å²) in [5, 5.41) is 2.42. The number of carbonyl (C=O) groups excluding carboxylic acids is 2. The van der Waals surface area contributed by atoms with Crippen molar-refractivity contribution in [3.8, 4) is 17.0 Å². The first-order valence-corrected chi connectivity index (χ1v) is 11.9. The first kappa shape index (κ1) is 28.5. The van der Waals surface area contributed by atoms with Gasteiger partial charge in [-0.25, -0.2) is 18.6 Å². The maximum Gasteiger partial charge on any atom is 0.416 e. The Morgan fingerprint density at radius 2 is 1.73 bits per heavy atom. The molecule has 0 aliphatic carbocycles. The Balaban J connectivity index is 1.64. The molecule has 4 rings (SSSR count). The Morgan fingerprint density at radius 1 is 1.05 bits per heavy atom. The Hall–Kier alpha value is -4.53. The van der Waals surface area contributed by atoms with Gasteiger partial charge in [0.15, 0.2) is 16.2 Å². The number of nitrogens with one attached hydrogen (secondary N) is 1. The molecular weight excluding hydrogens is 611 g/mol. The third-order valence-corrected chi connectivity index (χ3v) is 5.76. The van der Waals surface area contributed by atoms with Gasteiger partial charge in [0.1, 0.15) is 23.7 Å². The van der Waals surface area contributed by atoms with Crippen LogP contribution in [0.3, 0.4) is 0 Å². The number of ether oxygens (including phenoxy) is 2. The Bertz CT molecular complexity index is 1530. The standard InChI is InChI=1S/C25H16BrF5N4O5/c26-21-20(12-1-3-13(4-2-12)25(29,30)31)35-23(40-21)17(11-38-24(37)34-14-7-9-33-10-8-14)39-16-6-5-15(27)18(19(16)28)22(32)36/h1-10,17H,11H2,(H2,32,36)(H,33,34,37). The van der Waals surface area contributed by atoms with Gasteiger partial charge in [0.05, 0.1) is 5.56 Å².